The smallest absolute Gasteiger partial charge is 0.266 e. The monoisotopic (exact) mass is 441 g/mol. The summed E-state index contributed by atoms with van der Waals surface area (Å²) in [6.45, 7) is 0. The number of benzene rings is 3. The number of nitrogens with one attached hydrogen (secondary N) is 1. The summed E-state index contributed by atoms with van der Waals surface area (Å²) >= 11 is 0.915. The Morgan fingerprint density at radius 2 is 1.61 bits per heavy atom. The molecule has 4 rings (SSSR count). The van der Waals surface area contributed by atoms with E-state index in [4.69, 9.17) is 0 Å². The molecular weight excluding hydrogens is 427 g/mol. The Morgan fingerprint density at radius 1 is 0.935 bits per heavy atom. The van der Waals surface area contributed by atoms with E-state index in [1.54, 1.807) is 24.3 Å². The van der Waals surface area contributed by atoms with Crippen LogP contribution < -0.4 is 10.9 Å². The summed E-state index contributed by atoms with van der Waals surface area (Å²) in [6, 6.07) is 15.2. The zero-order valence-electron chi connectivity index (χ0n) is 15.8. The van der Waals surface area contributed by atoms with E-state index in [1.807, 2.05) is 0 Å². The number of carbonyl (C=O) groups excluding carboxylic acids is 1. The first kappa shape index (κ1) is 20.7. The van der Waals surface area contributed by atoms with Gasteiger partial charge in [-0.3, -0.25) is 14.2 Å². The molecule has 1 amide bonds. The average molecular weight is 441 g/mol. The van der Waals surface area contributed by atoms with Gasteiger partial charge in [-0.1, -0.05) is 30.0 Å². The number of rotatable bonds is 5. The Hall–Kier alpha value is -3.59. The third-order valence-electron chi connectivity index (χ3n) is 4.39. The highest BCUT2D eigenvalue weighted by molar-refractivity contribution is 7.99. The molecule has 0 atom stereocenters. The Labute approximate surface area is 178 Å². The molecule has 1 aromatic heterocycles. The van der Waals surface area contributed by atoms with E-state index in [9.17, 15) is 22.8 Å². The standard InChI is InChI=1S/C22H14F3N3O2S/c23-13-8-10-14(11-9-13)28-21(30)15-4-1-2-7-18(15)26-22(28)31-12-19(29)27-20-16(24)5-3-6-17(20)25/h1-11H,12H2,(H,27,29). The van der Waals surface area contributed by atoms with Gasteiger partial charge in [0.25, 0.3) is 5.56 Å². The highest BCUT2D eigenvalue weighted by atomic mass is 32.2. The number of thioether (sulfide) groups is 1. The minimum atomic E-state index is -0.898. The molecule has 31 heavy (non-hydrogen) atoms. The number of fused-ring (bicyclic) bond motifs is 1. The Morgan fingerprint density at radius 3 is 2.32 bits per heavy atom. The molecule has 0 saturated carbocycles. The van der Waals surface area contributed by atoms with Crippen LogP contribution in [0.4, 0.5) is 18.9 Å². The summed E-state index contributed by atoms with van der Waals surface area (Å²) in [5, 5.41) is 2.73. The summed E-state index contributed by atoms with van der Waals surface area (Å²) in [6.07, 6.45) is 0. The number of halogens is 3. The van der Waals surface area contributed by atoms with Crippen molar-refractivity contribution in [1.82, 2.24) is 9.55 Å². The molecule has 1 N–H and O–H groups in total. The first-order valence-corrected chi connectivity index (χ1v) is 10.1. The van der Waals surface area contributed by atoms with Gasteiger partial charge in [0.1, 0.15) is 23.1 Å². The second-order valence-electron chi connectivity index (χ2n) is 6.46. The fourth-order valence-electron chi connectivity index (χ4n) is 2.95. The van der Waals surface area contributed by atoms with Crippen LogP contribution in [0.1, 0.15) is 0 Å². The molecule has 0 fully saturated rings. The number of para-hydroxylation sites is 2. The van der Waals surface area contributed by atoms with Gasteiger partial charge >= 0.3 is 0 Å². The van der Waals surface area contributed by atoms with E-state index in [-0.39, 0.29) is 16.5 Å². The molecule has 0 saturated heterocycles. The number of anilines is 1. The number of hydrogen-bond donors (Lipinski definition) is 1. The lowest BCUT2D eigenvalue weighted by atomic mass is 10.2. The fourth-order valence-corrected chi connectivity index (χ4v) is 3.76. The molecule has 1 heterocycles. The average Bonchev–Trinajstić information content (AvgIpc) is 2.76. The topological polar surface area (TPSA) is 64.0 Å². The molecule has 0 unspecified atom stereocenters. The zero-order valence-corrected chi connectivity index (χ0v) is 16.6. The Kier molecular flexibility index (Phi) is 5.77. The van der Waals surface area contributed by atoms with Gasteiger partial charge in [-0.05, 0) is 48.5 Å². The predicted octanol–water partition coefficient (Wildman–Crippen LogP) is 4.53. The molecular formula is C22H14F3N3O2S. The molecule has 156 valence electrons. The van der Waals surface area contributed by atoms with Crippen molar-refractivity contribution in [2.45, 2.75) is 5.16 Å². The van der Waals surface area contributed by atoms with Crippen molar-refractivity contribution in [3.05, 3.63) is 94.5 Å². The van der Waals surface area contributed by atoms with Gasteiger partial charge in [0, 0.05) is 0 Å². The van der Waals surface area contributed by atoms with E-state index >= 15 is 0 Å². The van der Waals surface area contributed by atoms with Crippen molar-refractivity contribution in [3.8, 4) is 5.69 Å². The molecule has 0 spiro atoms. The van der Waals surface area contributed by atoms with Gasteiger partial charge in [-0.2, -0.15) is 0 Å². The summed E-state index contributed by atoms with van der Waals surface area (Å²) in [7, 11) is 0. The van der Waals surface area contributed by atoms with E-state index in [0.29, 0.717) is 16.6 Å². The first-order valence-electron chi connectivity index (χ1n) is 9.08. The third kappa shape index (κ3) is 4.31. The van der Waals surface area contributed by atoms with Crippen molar-refractivity contribution in [1.29, 1.82) is 0 Å². The normalized spacial score (nSPS) is 10.9. The molecule has 4 aromatic rings. The highest BCUT2D eigenvalue weighted by Crippen LogP contribution is 2.23. The van der Waals surface area contributed by atoms with Crippen LogP contribution >= 0.6 is 11.8 Å². The second kappa shape index (κ2) is 8.65. The van der Waals surface area contributed by atoms with Crippen LogP contribution in [0.5, 0.6) is 0 Å². The number of amides is 1. The summed E-state index contributed by atoms with van der Waals surface area (Å²) in [5.74, 6) is -3.20. The predicted molar refractivity (Wildman–Crippen MR) is 113 cm³/mol. The van der Waals surface area contributed by atoms with Crippen LogP contribution in [0, 0.1) is 17.5 Å². The molecule has 0 bridgehead atoms. The SMILES string of the molecule is O=C(CSc1nc2ccccc2c(=O)n1-c1ccc(F)cc1)Nc1c(F)cccc1F. The van der Waals surface area contributed by atoms with Crippen LogP contribution in [-0.2, 0) is 4.79 Å². The minimum Gasteiger partial charge on any atom is -0.320 e. The Bertz CT molecular complexity index is 1320. The van der Waals surface area contributed by atoms with Gasteiger partial charge in [0.15, 0.2) is 5.16 Å². The van der Waals surface area contributed by atoms with Crippen molar-refractivity contribution < 1.29 is 18.0 Å². The number of carbonyl (C=O) groups is 1. The lowest BCUT2D eigenvalue weighted by molar-refractivity contribution is -0.113. The molecule has 9 heteroatoms. The summed E-state index contributed by atoms with van der Waals surface area (Å²) < 4.78 is 42.2. The molecule has 0 aliphatic carbocycles. The molecule has 0 aliphatic heterocycles. The highest BCUT2D eigenvalue weighted by Gasteiger charge is 2.16. The van der Waals surface area contributed by atoms with E-state index in [2.05, 4.69) is 10.3 Å². The maximum Gasteiger partial charge on any atom is 0.266 e. The number of hydrogen-bond acceptors (Lipinski definition) is 4. The van der Waals surface area contributed by atoms with Crippen LogP contribution in [0.2, 0.25) is 0 Å². The van der Waals surface area contributed by atoms with Gasteiger partial charge in [-0.25, -0.2) is 18.2 Å². The third-order valence-corrected chi connectivity index (χ3v) is 5.33. The number of aromatic nitrogens is 2. The van der Waals surface area contributed by atoms with Crippen LogP contribution in [0.15, 0.2) is 76.7 Å². The van der Waals surface area contributed by atoms with E-state index in [0.717, 1.165) is 23.9 Å². The minimum absolute atomic E-state index is 0.180. The molecule has 0 aliphatic rings. The lowest BCUT2D eigenvalue weighted by Crippen LogP contribution is -2.23. The largest absolute Gasteiger partial charge is 0.320 e. The maximum atomic E-state index is 13.8. The lowest BCUT2D eigenvalue weighted by Gasteiger charge is -2.13. The van der Waals surface area contributed by atoms with E-state index in [1.165, 1.54) is 34.9 Å². The van der Waals surface area contributed by atoms with Gasteiger partial charge in [0.2, 0.25) is 5.91 Å². The molecule has 3 aromatic carbocycles. The maximum absolute atomic E-state index is 13.8. The van der Waals surface area contributed by atoms with Gasteiger partial charge in [0.05, 0.1) is 22.3 Å². The van der Waals surface area contributed by atoms with Crippen molar-refractivity contribution in [2.24, 2.45) is 0 Å². The quantitative estimate of drug-likeness (QED) is 0.365. The van der Waals surface area contributed by atoms with E-state index < -0.39 is 29.0 Å². The Balaban J connectivity index is 1.68. The van der Waals surface area contributed by atoms with Gasteiger partial charge < -0.3 is 5.32 Å². The number of nitrogens with zero attached hydrogens (tertiary/aromatic N) is 2. The van der Waals surface area contributed by atoms with Crippen LogP contribution in [-0.4, -0.2) is 21.2 Å². The second-order valence-corrected chi connectivity index (χ2v) is 7.40. The molecule has 5 nitrogen and oxygen atoms in total. The van der Waals surface area contributed by atoms with Crippen LogP contribution in [0.3, 0.4) is 0 Å². The zero-order chi connectivity index (χ0) is 22.0. The van der Waals surface area contributed by atoms with Crippen molar-refractivity contribution >= 4 is 34.3 Å². The van der Waals surface area contributed by atoms with Crippen molar-refractivity contribution in [3.63, 3.8) is 0 Å². The molecule has 0 radical (unpaired) electrons. The fraction of sp³-hybridized carbons (Fsp3) is 0.0455. The summed E-state index contributed by atoms with van der Waals surface area (Å²) in [4.78, 5) is 29.8. The van der Waals surface area contributed by atoms with Gasteiger partial charge in [-0.15, -0.1) is 0 Å². The van der Waals surface area contributed by atoms with Crippen LogP contribution in [0.25, 0.3) is 16.6 Å². The first-order chi connectivity index (χ1) is 14.9. The summed E-state index contributed by atoms with van der Waals surface area (Å²) in [5.41, 5.74) is -0.141. The van der Waals surface area contributed by atoms with Crippen molar-refractivity contribution in [2.75, 3.05) is 11.1 Å².